The number of ether oxygens (including phenoxy) is 1. The van der Waals surface area contributed by atoms with Crippen molar-refractivity contribution in [3.8, 4) is 5.69 Å². The predicted molar refractivity (Wildman–Crippen MR) is 97.8 cm³/mol. The Balaban J connectivity index is 2.53. The molecule has 0 saturated carbocycles. The lowest BCUT2D eigenvalue weighted by molar-refractivity contribution is 0.0519. The summed E-state index contributed by atoms with van der Waals surface area (Å²) < 4.78 is 20.5. The molecule has 134 valence electrons. The van der Waals surface area contributed by atoms with Crippen LogP contribution in [0.25, 0.3) is 16.7 Å². The lowest BCUT2D eigenvalue weighted by atomic mass is 10.1. The van der Waals surface area contributed by atoms with Gasteiger partial charge in [-0.3, -0.25) is 14.3 Å². The highest BCUT2D eigenvalue weighted by atomic mass is 35.5. The smallest absolute Gasteiger partial charge is 0.344 e. The summed E-state index contributed by atoms with van der Waals surface area (Å²) in [6, 6.07) is 4.34. The van der Waals surface area contributed by atoms with Gasteiger partial charge in [-0.05, 0) is 31.4 Å². The van der Waals surface area contributed by atoms with Crippen LogP contribution in [0.4, 0.5) is 4.39 Å². The number of fused-ring (bicyclic) bond motifs is 1. The third-order valence-corrected chi connectivity index (χ3v) is 4.65. The van der Waals surface area contributed by atoms with Crippen LogP contribution < -0.4 is 5.43 Å². The fourth-order valence-electron chi connectivity index (χ4n) is 2.54. The number of halogens is 2. The number of esters is 1. The predicted octanol–water partition coefficient (Wildman–Crippen LogP) is 3.47. The average Bonchev–Trinajstić information content (AvgIpc) is 2.64. The number of thioether (sulfide) groups is 1. The highest BCUT2D eigenvalue weighted by molar-refractivity contribution is 7.98. The summed E-state index contributed by atoms with van der Waals surface area (Å²) in [6.07, 6.45) is 4.82. The van der Waals surface area contributed by atoms with Gasteiger partial charge in [-0.15, -0.1) is 11.8 Å². The number of carbonyl (C=O) groups excluding carboxylic acids is 1. The van der Waals surface area contributed by atoms with Gasteiger partial charge >= 0.3 is 5.97 Å². The highest BCUT2D eigenvalue weighted by Gasteiger charge is 2.25. The van der Waals surface area contributed by atoms with E-state index in [1.54, 1.807) is 42.3 Å². The number of rotatable bonds is 4. The Labute approximate surface area is 157 Å². The van der Waals surface area contributed by atoms with Crippen molar-refractivity contribution in [3.05, 3.63) is 57.3 Å². The maximum Gasteiger partial charge on any atom is 0.344 e. The van der Waals surface area contributed by atoms with Gasteiger partial charge in [-0.1, -0.05) is 11.6 Å². The van der Waals surface area contributed by atoms with Gasteiger partial charge in [0, 0.05) is 12.4 Å². The van der Waals surface area contributed by atoms with Crippen LogP contribution in [0.1, 0.15) is 17.3 Å². The monoisotopic (exact) mass is 393 g/mol. The van der Waals surface area contributed by atoms with Gasteiger partial charge in [-0.25, -0.2) is 14.2 Å². The molecule has 0 saturated heterocycles. The van der Waals surface area contributed by atoms with Gasteiger partial charge in [0.15, 0.2) is 16.6 Å². The average molecular weight is 394 g/mol. The van der Waals surface area contributed by atoms with Crippen LogP contribution in [0.5, 0.6) is 0 Å². The van der Waals surface area contributed by atoms with Gasteiger partial charge in [0.1, 0.15) is 5.56 Å². The fraction of sp³-hybridized carbons (Fsp3) is 0.176. The summed E-state index contributed by atoms with van der Waals surface area (Å²) in [7, 11) is 0. The number of hydrogen-bond acceptors (Lipinski definition) is 6. The molecule has 0 atom stereocenters. The van der Waals surface area contributed by atoms with E-state index in [0.717, 1.165) is 6.07 Å². The minimum absolute atomic E-state index is 0.0652. The van der Waals surface area contributed by atoms with Gasteiger partial charge in [0.25, 0.3) is 0 Å². The largest absolute Gasteiger partial charge is 0.462 e. The first-order valence-electron chi connectivity index (χ1n) is 7.55. The second-order valence-corrected chi connectivity index (χ2v) is 6.26. The van der Waals surface area contributed by atoms with E-state index in [-0.39, 0.29) is 28.4 Å². The van der Waals surface area contributed by atoms with Gasteiger partial charge in [0.2, 0.25) is 5.43 Å². The van der Waals surface area contributed by atoms with Crippen molar-refractivity contribution in [1.29, 1.82) is 0 Å². The van der Waals surface area contributed by atoms with Gasteiger partial charge in [0.05, 0.1) is 22.7 Å². The standard InChI is InChI=1S/C17H13ClFN3O3S/c1-3-25-17(24)12-13(23)10-8-11(19)14(18)21-15(10)22(16(12)26-2)9-4-6-20-7-5-9/h4-8H,3H2,1-2H3. The first-order valence-corrected chi connectivity index (χ1v) is 9.16. The quantitative estimate of drug-likeness (QED) is 0.384. The third-order valence-electron chi connectivity index (χ3n) is 3.61. The number of aromatic nitrogens is 3. The summed E-state index contributed by atoms with van der Waals surface area (Å²) in [4.78, 5) is 33.3. The molecule has 6 nitrogen and oxygen atoms in total. The number of nitrogens with zero attached hydrogens (tertiary/aromatic N) is 3. The molecular formula is C17H13ClFN3O3S. The zero-order valence-corrected chi connectivity index (χ0v) is 15.4. The molecule has 0 N–H and O–H groups in total. The number of pyridine rings is 3. The Morgan fingerprint density at radius 2 is 2.08 bits per heavy atom. The molecule has 9 heteroatoms. The molecule has 0 aromatic carbocycles. The van der Waals surface area contributed by atoms with Crippen molar-refractivity contribution in [1.82, 2.24) is 14.5 Å². The van der Waals surface area contributed by atoms with Crippen LogP contribution in [0.3, 0.4) is 0 Å². The van der Waals surface area contributed by atoms with Crippen molar-refractivity contribution < 1.29 is 13.9 Å². The van der Waals surface area contributed by atoms with Crippen LogP contribution in [0, 0.1) is 5.82 Å². The molecule has 0 fully saturated rings. The van der Waals surface area contributed by atoms with Crippen LogP contribution in [0.2, 0.25) is 5.15 Å². The molecule has 3 aromatic rings. The summed E-state index contributed by atoms with van der Waals surface area (Å²) >= 11 is 7.01. The minimum Gasteiger partial charge on any atom is -0.462 e. The second kappa shape index (κ2) is 7.43. The van der Waals surface area contributed by atoms with E-state index >= 15 is 0 Å². The molecule has 0 aliphatic heterocycles. The zero-order chi connectivity index (χ0) is 18.8. The number of carbonyl (C=O) groups is 1. The van der Waals surface area contributed by atoms with Crippen LogP contribution in [0.15, 0.2) is 40.4 Å². The van der Waals surface area contributed by atoms with E-state index in [2.05, 4.69) is 9.97 Å². The summed E-state index contributed by atoms with van der Waals surface area (Å²) in [5, 5.41) is -0.109. The fourth-order valence-corrected chi connectivity index (χ4v) is 3.43. The Hall–Kier alpha value is -2.45. The van der Waals surface area contributed by atoms with Gasteiger partial charge in [-0.2, -0.15) is 0 Å². The van der Waals surface area contributed by atoms with Crippen molar-refractivity contribution in [2.45, 2.75) is 11.9 Å². The van der Waals surface area contributed by atoms with Crippen LogP contribution >= 0.6 is 23.4 Å². The van der Waals surface area contributed by atoms with Crippen molar-refractivity contribution in [2.24, 2.45) is 0 Å². The van der Waals surface area contributed by atoms with E-state index in [4.69, 9.17) is 16.3 Å². The van der Waals surface area contributed by atoms with Crippen molar-refractivity contribution in [2.75, 3.05) is 12.9 Å². The third kappa shape index (κ3) is 3.06. The molecule has 0 spiro atoms. The first kappa shape index (κ1) is 18.3. The lowest BCUT2D eigenvalue weighted by Gasteiger charge is -2.18. The maximum absolute atomic E-state index is 14.0. The summed E-state index contributed by atoms with van der Waals surface area (Å²) in [5.41, 5.74) is -0.0940. The molecule has 26 heavy (non-hydrogen) atoms. The molecule has 0 aliphatic carbocycles. The molecular weight excluding hydrogens is 381 g/mol. The Kier molecular flexibility index (Phi) is 5.24. The van der Waals surface area contributed by atoms with Gasteiger partial charge < -0.3 is 4.74 Å². The maximum atomic E-state index is 14.0. The Morgan fingerprint density at radius 3 is 2.69 bits per heavy atom. The van der Waals surface area contributed by atoms with Crippen LogP contribution in [-0.2, 0) is 4.74 Å². The molecule has 3 heterocycles. The lowest BCUT2D eigenvalue weighted by Crippen LogP contribution is -2.24. The van der Waals surface area contributed by atoms with E-state index in [1.807, 2.05) is 0 Å². The minimum atomic E-state index is -0.843. The van der Waals surface area contributed by atoms with Crippen molar-refractivity contribution >= 4 is 40.4 Å². The highest BCUT2D eigenvalue weighted by Crippen LogP contribution is 2.29. The Bertz CT molecular complexity index is 1060. The SMILES string of the molecule is CCOC(=O)c1c(SC)n(-c2ccncc2)c2nc(Cl)c(F)cc2c1=O. The summed E-state index contributed by atoms with van der Waals surface area (Å²) in [5.74, 6) is -1.62. The molecule has 0 unspecified atom stereocenters. The van der Waals surface area contributed by atoms with Crippen molar-refractivity contribution in [3.63, 3.8) is 0 Å². The van der Waals surface area contributed by atoms with E-state index in [0.29, 0.717) is 10.7 Å². The summed E-state index contributed by atoms with van der Waals surface area (Å²) in [6.45, 7) is 1.74. The van der Waals surface area contributed by atoms with Crippen LogP contribution in [-0.4, -0.2) is 33.4 Å². The molecule has 3 rings (SSSR count). The zero-order valence-electron chi connectivity index (χ0n) is 13.8. The van der Waals surface area contributed by atoms with E-state index < -0.39 is 17.2 Å². The Morgan fingerprint density at radius 1 is 1.38 bits per heavy atom. The van der Waals surface area contributed by atoms with E-state index in [9.17, 15) is 14.0 Å². The first-order chi connectivity index (χ1) is 12.5. The topological polar surface area (TPSA) is 74.1 Å². The number of hydrogen-bond donors (Lipinski definition) is 0. The van der Waals surface area contributed by atoms with E-state index in [1.165, 1.54) is 11.8 Å². The normalized spacial score (nSPS) is 10.9. The molecule has 0 radical (unpaired) electrons. The molecule has 0 aliphatic rings. The molecule has 3 aromatic heterocycles. The molecule has 0 amide bonds. The molecule has 0 bridgehead atoms. The second-order valence-electron chi connectivity index (χ2n) is 5.11.